The fourth-order valence-corrected chi connectivity index (χ4v) is 16.5. The van der Waals surface area contributed by atoms with Crippen molar-refractivity contribution in [1.82, 2.24) is 0 Å². The standard InChI is InChI=1S/C39H49B.C18H15P.2CH3.2ClH.Zr/c1-27-25-36-32(29-15-7-4-8-16-29)21-13-23-34(36)38(27)40(3,31-19-11-6-12-20-31)39-28(2)26-37-33(22-14-24-35(37)39)30-17-9-5-10-18-30;1-4-10-16(11-5-1)19(17-12-6-2-7-13-17)18-14-8-3-9-15-18;;;;;/h4-12,15-20,27-28,32-39H,3,13-14,21-26H2,1-2H3;1-15H;2*1H3;2*1H;/q;;2*-1;;;+4/p-2. The fraction of sp³-hybridized carbons (Fsp3) is 0.339. The van der Waals surface area contributed by atoms with Crippen molar-refractivity contribution < 1.29 is 20.8 Å². The van der Waals surface area contributed by atoms with Crippen molar-refractivity contribution in [2.45, 2.75) is 88.7 Å². The molecular formula is C59H70BCl2PZr. The van der Waals surface area contributed by atoms with E-state index in [0.717, 1.165) is 59.0 Å². The normalized spacial score (nSPS) is 27.5. The van der Waals surface area contributed by atoms with E-state index in [1.807, 2.05) is 0 Å². The maximum Gasteiger partial charge on any atom is -0.0134 e. The summed E-state index contributed by atoms with van der Waals surface area (Å²) in [6.07, 6.45) is 10.2. The van der Waals surface area contributed by atoms with E-state index in [2.05, 4.69) is 196 Å². The summed E-state index contributed by atoms with van der Waals surface area (Å²) >= 11 is -0.826. The Morgan fingerprint density at radius 2 is 0.750 bits per heavy atom. The van der Waals surface area contributed by atoms with Crippen molar-refractivity contribution in [2.75, 3.05) is 0 Å². The van der Waals surface area contributed by atoms with E-state index in [0.29, 0.717) is 0 Å². The van der Waals surface area contributed by atoms with E-state index in [4.69, 9.17) is 23.8 Å². The first-order valence-corrected chi connectivity index (χ1v) is 31.2. The molecule has 332 valence electrons. The number of hydrogen-bond acceptors (Lipinski definition) is 0. The second kappa shape index (κ2) is 24.3. The summed E-state index contributed by atoms with van der Waals surface area (Å²) in [6.45, 7) is 10.8. The molecule has 0 N–H and O–H groups in total. The third-order valence-electron chi connectivity index (χ3n) is 16.1. The zero-order valence-electron chi connectivity index (χ0n) is 38.7. The first-order chi connectivity index (χ1) is 30.4. The summed E-state index contributed by atoms with van der Waals surface area (Å²) in [5, 5.41) is 4.19. The van der Waals surface area contributed by atoms with Crippen molar-refractivity contribution in [3.63, 3.8) is 0 Å². The monoisotopic (exact) mass is 980 g/mol. The van der Waals surface area contributed by atoms with Gasteiger partial charge in [-0.2, -0.15) is 5.46 Å². The zero-order valence-corrected chi connectivity index (χ0v) is 43.6. The van der Waals surface area contributed by atoms with Crippen LogP contribution < -0.4 is 21.4 Å². The van der Waals surface area contributed by atoms with Gasteiger partial charge in [0.25, 0.3) is 0 Å². The summed E-state index contributed by atoms with van der Waals surface area (Å²) in [5.74, 6) is 7.66. The molecule has 4 aliphatic carbocycles. The Morgan fingerprint density at radius 3 is 1.08 bits per heavy atom. The van der Waals surface area contributed by atoms with Gasteiger partial charge in [0.1, 0.15) is 0 Å². The predicted octanol–water partition coefficient (Wildman–Crippen LogP) is 15.7. The summed E-state index contributed by atoms with van der Waals surface area (Å²) in [5.41, 5.74) is 4.79. The molecule has 0 nitrogen and oxygen atoms in total. The molecule has 0 radical (unpaired) electrons. The van der Waals surface area contributed by atoms with Crippen LogP contribution in [0.1, 0.15) is 88.2 Å². The second-order valence-corrected chi connectivity index (χ2v) is 25.1. The van der Waals surface area contributed by atoms with Gasteiger partial charge >= 0.3 is 37.9 Å². The topological polar surface area (TPSA) is 0 Å². The van der Waals surface area contributed by atoms with E-state index >= 15 is 0 Å². The van der Waals surface area contributed by atoms with Crippen LogP contribution in [0.3, 0.4) is 0 Å². The van der Waals surface area contributed by atoms with Gasteiger partial charge in [0.05, 0.1) is 0 Å². The first-order valence-electron chi connectivity index (χ1n) is 23.5. The SMILES string of the molecule is [CH2+][B-](c1ccccc1)(C1C(C)CC2C(c3ccccc3)CCCC21)C1C(C)CC2C(c3ccccc3)CCCC21.[CH3-].[CH3-].[Cl][Zr+2][Cl].c1ccc(P(c2ccccc2)c2ccccc2)cc1. The number of fused-ring (bicyclic) bond motifs is 2. The molecule has 4 aliphatic rings. The Hall–Kier alpha value is -2.85. The van der Waals surface area contributed by atoms with Crippen molar-refractivity contribution in [3.05, 3.63) is 215 Å². The van der Waals surface area contributed by atoms with Crippen LogP contribution in [-0.4, -0.2) is 6.15 Å². The Morgan fingerprint density at radius 1 is 0.453 bits per heavy atom. The quantitative estimate of drug-likeness (QED) is 0.0810. The van der Waals surface area contributed by atoms with Gasteiger partial charge in [0.15, 0.2) is 0 Å². The van der Waals surface area contributed by atoms with Crippen LogP contribution in [-0.2, 0) is 20.8 Å². The van der Waals surface area contributed by atoms with Crippen molar-refractivity contribution in [2.24, 2.45) is 35.5 Å². The molecule has 0 amide bonds. The van der Waals surface area contributed by atoms with Crippen molar-refractivity contribution >= 4 is 52.5 Å². The summed E-state index contributed by atoms with van der Waals surface area (Å²) in [4.78, 5) is 0. The molecule has 0 spiro atoms. The van der Waals surface area contributed by atoms with Crippen LogP contribution in [0.5, 0.6) is 0 Å². The molecule has 4 fully saturated rings. The molecule has 4 saturated carbocycles. The molecule has 10 atom stereocenters. The van der Waals surface area contributed by atoms with Crippen molar-refractivity contribution in [1.29, 1.82) is 0 Å². The molecule has 0 heterocycles. The van der Waals surface area contributed by atoms with Crippen LogP contribution in [0, 0.1) is 57.2 Å². The van der Waals surface area contributed by atoms with Gasteiger partial charge in [-0.05, 0) is 84.3 Å². The van der Waals surface area contributed by atoms with Gasteiger partial charge in [-0.1, -0.05) is 245 Å². The van der Waals surface area contributed by atoms with Crippen molar-refractivity contribution in [3.8, 4) is 0 Å². The Bertz CT molecular complexity index is 2040. The van der Waals surface area contributed by atoms with Gasteiger partial charge in [-0.3, -0.25) is 0 Å². The maximum absolute atomic E-state index is 5.54. The minimum atomic E-state index is -0.961. The van der Waals surface area contributed by atoms with Crippen LogP contribution in [0.15, 0.2) is 182 Å². The summed E-state index contributed by atoms with van der Waals surface area (Å²) in [6, 6.07) is 67.3. The van der Waals surface area contributed by atoms with E-state index in [-0.39, 0.29) is 14.9 Å². The predicted molar refractivity (Wildman–Crippen MR) is 282 cm³/mol. The summed E-state index contributed by atoms with van der Waals surface area (Å²) in [7, 11) is 9.42. The van der Waals surface area contributed by atoms with Gasteiger partial charge in [-0.15, -0.1) is 18.5 Å². The minimum Gasteiger partial charge on any atom is -0.0622 e. The molecule has 0 aliphatic heterocycles. The summed E-state index contributed by atoms with van der Waals surface area (Å²) < 4.78 is 0. The van der Waals surface area contributed by atoms with Gasteiger partial charge in [-0.25, -0.2) is 0 Å². The Labute approximate surface area is 409 Å². The zero-order chi connectivity index (χ0) is 42.9. The molecule has 6 aromatic rings. The van der Waals surface area contributed by atoms with E-state index in [1.54, 1.807) is 16.6 Å². The van der Waals surface area contributed by atoms with E-state index in [9.17, 15) is 0 Å². The second-order valence-electron chi connectivity index (χ2n) is 19.2. The average molecular weight is 983 g/mol. The number of benzene rings is 6. The smallest absolute Gasteiger partial charge is 0.0134 e. The molecule has 10 unspecified atom stereocenters. The van der Waals surface area contributed by atoms with Crippen LogP contribution in [0.25, 0.3) is 0 Å². The minimum absolute atomic E-state index is 0. The van der Waals surface area contributed by atoms with E-state index in [1.165, 1.54) is 67.3 Å². The molecule has 10 rings (SSSR count). The van der Waals surface area contributed by atoms with Crippen LogP contribution in [0.4, 0.5) is 0 Å². The molecule has 0 saturated heterocycles. The fourth-order valence-electron chi connectivity index (χ4n) is 14.2. The molecule has 0 aromatic heterocycles. The third kappa shape index (κ3) is 10.9. The Balaban J connectivity index is 0.000000238. The molecule has 5 heteroatoms. The van der Waals surface area contributed by atoms with Crippen LogP contribution >= 0.6 is 24.9 Å². The van der Waals surface area contributed by atoms with Crippen LogP contribution in [0.2, 0.25) is 11.6 Å². The largest absolute Gasteiger partial charge is 0.0622 e. The molecule has 6 aromatic carbocycles. The number of rotatable bonds is 8. The maximum atomic E-state index is 5.54. The van der Waals surface area contributed by atoms with E-state index < -0.39 is 34.9 Å². The Kier molecular flexibility index (Phi) is 19.2. The van der Waals surface area contributed by atoms with Gasteiger partial charge in [0.2, 0.25) is 6.15 Å². The third-order valence-corrected chi connectivity index (χ3v) is 18.6. The van der Waals surface area contributed by atoms with Gasteiger partial charge < -0.3 is 14.9 Å². The molecule has 64 heavy (non-hydrogen) atoms. The average Bonchev–Trinajstić information content (AvgIpc) is 3.87. The number of hydrogen-bond donors (Lipinski definition) is 0. The van der Waals surface area contributed by atoms with Gasteiger partial charge in [0, 0.05) is 0 Å². The number of halogens is 2. The molecular weight excluding hydrogens is 913 g/mol. The first kappa shape index (κ1) is 50.6. The molecule has 0 bridgehead atoms.